The zero-order chi connectivity index (χ0) is 17.8. The Kier molecular flexibility index (Phi) is 6.93. The number of aliphatic hydroxyl groups is 1. The van der Waals surface area contributed by atoms with Gasteiger partial charge >= 0.3 is 0 Å². The molecule has 0 atom stereocenters. The van der Waals surface area contributed by atoms with Gasteiger partial charge in [0.15, 0.2) is 0 Å². The largest absolute Gasteiger partial charge is 0.390 e. The molecule has 4 rings (SSSR count). The van der Waals surface area contributed by atoms with Gasteiger partial charge in [0.25, 0.3) is 0 Å². The zero-order valence-corrected chi connectivity index (χ0v) is 17.0. The van der Waals surface area contributed by atoms with E-state index >= 15 is 0 Å². The molecule has 26 heavy (non-hydrogen) atoms. The molecule has 0 aromatic carbocycles. The van der Waals surface area contributed by atoms with Gasteiger partial charge in [-0.1, -0.05) is 51.4 Å². The van der Waals surface area contributed by atoms with Gasteiger partial charge in [0.1, 0.15) is 0 Å². The summed E-state index contributed by atoms with van der Waals surface area (Å²) in [5, 5.41) is 11.1. The Morgan fingerprint density at radius 3 is 0.962 bits per heavy atom. The zero-order valence-electron chi connectivity index (χ0n) is 17.0. The molecule has 4 aliphatic carbocycles. The van der Waals surface area contributed by atoms with Crippen molar-refractivity contribution in [1.29, 1.82) is 0 Å². The van der Waals surface area contributed by atoms with Crippen LogP contribution in [0.5, 0.6) is 0 Å². The van der Waals surface area contributed by atoms with Gasteiger partial charge in [-0.2, -0.15) is 0 Å². The fourth-order valence-corrected chi connectivity index (χ4v) is 6.68. The minimum atomic E-state index is -0.155. The quantitative estimate of drug-likeness (QED) is 0.677. The van der Waals surface area contributed by atoms with Crippen molar-refractivity contribution in [2.75, 3.05) is 13.1 Å². The summed E-state index contributed by atoms with van der Waals surface area (Å²) in [6.45, 7) is 1.87. The van der Waals surface area contributed by atoms with Crippen LogP contribution in [0.25, 0.3) is 0 Å². The molecule has 0 radical (unpaired) electrons. The van der Waals surface area contributed by atoms with E-state index in [0.717, 1.165) is 37.3 Å². The standard InChI is InChI=1S/C23H42N2O/c26-23(17-24(19-9-1-2-10-19)20-11-3-4-12-20)18-25(21-13-5-6-14-21)22-15-7-8-16-22/h19-23,26H,1-18H2. The number of hydrogen-bond donors (Lipinski definition) is 1. The van der Waals surface area contributed by atoms with Gasteiger partial charge in [-0.15, -0.1) is 0 Å². The Morgan fingerprint density at radius 1 is 0.500 bits per heavy atom. The number of aliphatic hydroxyl groups excluding tert-OH is 1. The lowest BCUT2D eigenvalue weighted by Crippen LogP contribution is -2.51. The second-order valence-corrected chi connectivity index (χ2v) is 9.80. The highest BCUT2D eigenvalue weighted by atomic mass is 16.3. The second kappa shape index (κ2) is 9.39. The van der Waals surface area contributed by atoms with Gasteiger partial charge in [0.05, 0.1) is 6.10 Å². The van der Waals surface area contributed by atoms with Crippen molar-refractivity contribution >= 4 is 0 Å². The minimum absolute atomic E-state index is 0.155. The third-order valence-electron chi connectivity index (χ3n) is 8.02. The summed E-state index contributed by atoms with van der Waals surface area (Å²) in [6.07, 6.45) is 22.1. The van der Waals surface area contributed by atoms with E-state index in [1.165, 1.54) is 103 Å². The molecule has 1 N–H and O–H groups in total. The summed E-state index contributed by atoms with van der Waals surface area (Å²) in [4.78, 5) is 5.54. The van der Waals surface area contributed by atoms with E-state index in [-0.39, 0.29) is 6.10 Å². The summed E-state index contributed by atoms with van der Waals surface area (Å²) >= 11 is 0. The third kappa shape index (κ3) is 4.64. The van der Waals surface area contributed by atoms with Gasteiger partial charge in [0.2, 0.25) is 0 Å². The maximum atomic E-state index is 11.1. The first-order chi connectivity index (χ1) is 12.8. The fraction of sp³-hybridized carbons (Fsp3) is 1.00. The maximum Gasteiger partial charge on any atom is 0.0794 e. The van der Waals surface area contributed by atoms with Gasteiger partial charge in [-0.25, -0.2) is 0 Å². The highest BCUT2D eigenvalue weighted by Crippen LogP contribution is 2.34. The highest BCUT2D eigenvalue weighted by Gasteiger charge is 2.35. The average Bonchev–Trinajstić information content (AvgIpc) is 3.44. The van der Waals surface area contributed by atoms with Crippen LogP contribution in [0.2, 0.25) is 0 Å². The first-order valence-corrected chi connectivity index (χ1v) is 12.0. The van der Waals surface area contributed by atoms with Crippen LogP contribution in [0, 0.1) is 0 Å². The van der Waals surface area contributed by atoms with Crippen LogP contribution in [0.1, 0.15) is 103 Å². The van der Waals surface area contributed by atoms with E-state index in [9.17, 15) is 5.11 Å². The number of rotatable bonds is 8. The van der Waals surface area contributed by atoms with Gasteiger partial charge in [0, 0.05) is 37.3 Å². The molecule has 0 aliphatic heterocycles. The molecular formula is C23H42N2O. The lowest BCUT2D eigenvalue weighted by Gasteiger charge is -2.40. The first kappa shape index (κ1) is 19.2. The second-order valence-electron chi connectivity index (χ2n) is 9.80. The number of nitrogens with zero attached hydrogens (tertiary/aromatic N) is 2. The Bertz CT molecular complexity index is 334. The smallest absolute Gasteiger partial charge is 0.0794 e. The molecule has 0 unspecified atom stereocenters. The molecule has 4 fully saturated rings. The molecular weight excluding hydrogens is 320 g/mol. The molecule has 4 saturated carbocycles. The molecule has 3 nitrogen and oxygen atoms in total. The predicted molar refractivity (Wildman–Crippen MR) is 108 cm³/mol. The molecule has 4 aliphatic rings. The van der Waals surface area contributed by atoms with E-state index in [0.29, 0.717) is 0 Å². The van der Waals surface area contributed by atoms with Crippen molar-refractivity contribution in [2.24, 2.45) is 0 Å². The summed E-state index contributed by atoms with van der Waals surface area (Å²) in [5.74, 6) is 0. The van der Waals surface area contributed by atoms with Crippen LogP contribution in [0.3, 0.4) is 0 Å². The van der Waals surface area contributed by atoms with Gasteiger partial charge in [-0.3, -0.25) is 9.80 Å². The van der Waals surface area contributed by atoms with Gasteiger partial charge < -0.3 is 5.11 Å². The van der Waals surface area contributed by atoms with E-state index in [1.807, 2.05) is 0 Å². The van der Waals surface area contributed by atoms with Crippen LogP contribution >= 0.6 is 0 Å². The van der Waals surface area contributed by atoms with Crippen LogP contribution in [-0.4, -0.2) is 58.3 Å². The predicted octanol–water partition coefficient (Wildman–Crippen LogP) is 4.72. The normalized spacial score (nSPS) is 27.2. The maximum absolute atomic E-state index is 11.1. The lowest BCUT2D eigenvalue weighted by atomic mass is 10.1. The van der Waals surface area contributed by atoms with Gasteiger partial charge in [-0.05, 0) is 51.4 Å². The van der Waals surface area contributed by atoms with E-state index in [1.54, 1.807) is 0 Å². The Morgan fingerprint density at radius 2 is 0.731 bits per heavy atom. The van der Waals surface area contributed by atoms with Crippen molar-refractivity contribution in [3.63, 3.8) is 0 Å². The van der Waals surface area contributed by atoms with E-state index < -0.39 is 0 Å². The minimum Gasteiger partial charge on any atom is -0.390 e. The topological polar surface area (TPSA) is 26.7 Å². The van der Waals surface area contributed by atoms with Crippen LogP contribution in [-0.2, 0) is 0 Å². The molecule has 0 saturated heterocycles. The van der Waals surface area contributed by atoms with E-state index in [4.69, 9.17) is 0 Å². The molecule has 0 heterocycles. The van der Waals surface area contributed by atoms with Crippen molar-refractivity contribution < 1.29 is 5.11 Å². The first-order valence-electron chi connectivity index (χ1n) is 12.0. The summed E-state index contributed by atoms with van der Waals surface area (Å²) in [5.41, 5.74) is 0. The Balaban J connectivity index is 1.38. The van der Waals surface area contributed by atoms with Crippen molar-refractivity contribution in [1.82, 2.24) is 9.80 Å². The molecule has 0 bridgehead atoms. The number of hydrogen-bond acceptors (Lipinski definition) is 3. The van der Waals surface area contributed by atoms with Crippen molar-refractivity contribution in [3.05, 3.63) is 0 Å². The average molecular weight is 363 g/mol. The Hall–Kier alpha value is -0.120. The molecule has 0 amide bonds. The molecule has 0 aromatic heterocycles. The van der Waals surface area contributed by atoms with Crippen LogP contribution in [0.4, 0.5) is 0 Å². The molecule has 0 spiro atoms. The van der Waals surface area contributed by atoms with Crippen molar-refractivity contribution in [3.8, 4) is 0 Å². The van der Waals surface area contributed by atoms with Crippen LogP contribution in [0.15, 0.2) is 0 Å². The van der Waals surface area contributed by atoms with E-state index in [2.05, 4.69) is 9.80 Å². The molecule has 0 aromatic rings. The lowest BCUT2D eigenvalue weighted by molar-refractivity contribution is 0.0150. The molecule has 3 heteroatoms. The third-order valence-corrected chi connectivity index (χ3v) is 8.02. The highest BCUT2D eigenvalue weighted by molar-refractivity contribution is 4.90. The summed E-state index contributed by atoms with van der Waals surface area (Å²) in [6, 6.07) is 3.05. The van der Waals surface area contributed by atoms with Crippen molar-refractivity contribution in [2.45, 2.75) is 133 Å². The fourth-order valence-electron chi connectivity index (χ4n) is 6.68. The Labute approximate surface area is 161 Å². The van der Waals surface area contributed by atoms with Crippen LogP contribution < -0.4 is 0 Å². The molecule has 150 valence electrons. The summed E-state index contributed by atoms with van der Waals surface area (Å²) in [7, 11) is 0. The summed E-state index contributed by atoms with van der Waals surface area (Å²) < 4.78 is 0. The monoisotopic (exact) mass is 362 g/mol. The SMILES string of the molecule is OC(CN(C1CCCC1)C1CCCC1)CN(C1CCCC1)C1CCCC1.